The van der Waals surface area contributed by atoms with Crippen LogP contribution in [0.2, 0.25) is 0 Å². The van der Waals surface area contributed by atoms with Gasteiger partial charge in [-0.25, -0.2) is 9.97 Å². The van der Waals surface area contributed by atoms with Crippen LogP contribution in [0.3, 0.4) is 0 Å². The molecule has 1 N–H and O–H groups in total. The normalized spacial score (nSPS) is 14.0. The highest BCUT2D eigenvalue weighted by molar-refractivity contribution is 5.97. The molecule has 0 saturated heterocycles. The van der Waals surface area contributed by atoms with E-state index in [2.05, 4.69) is 20.2 Å². The van der Waals surface area contributed by atoms with Crippen LogP contribution in [0, 0.1) is 0 Å². The smallest absolute Gasteiger partial charge is 0.271 e. The summed E-state index contributed by atoms with van der Waals surface area (Å²) in [6.07, 6.45) is 2.95. The molecule has 1 amide bonds. The second kappa shape index (κ2) is 6.38. The van der Waals surface area contributed by atoms with Crippen molar-refractivity contribution in [1.29, 1.82) is 0 Å². The number of amides is 1. The Labute approximate surface area is 139 Å². The number of hydrogen-bond donors (Lipinski definition) is 1. The summed E-state index contributed by atoms with van der Waals surface area (Å²) in [6, 6.07) is 1.51. The number of Topliss-reactive ketones (excluding diaryl/α,β-unsaturated/α-hetero) is 1. The van der Waals surface area contributed by atoms with Gasteiger partial charge in [0.25, 0.3) is 5.91 Å². The van der Waals surface area contributed by atoms with Crippen molar-refractivity contribution in [3.05, 3.63) is 35.0 Å². The standard InChI is InChI=1S/C16H20N6O2/c1-10(23)13-8-14(20-19-13)16(24)22-6-4-11-12(5-7-22)17-9-18-15(11)21(2)3/h8-9H,4-7H2,1-3H3,(H,19,20). The van der Waals surface area contributed by atoms with Gasteiger partial charge < -0.3 is 9.80 Å². The highest BCUT2D eigenvalue weighted by Gasteiger charge is 2.24. The summed E-state index contributed by atoms with van der Waals surface area (Å²) in [6.45, 7) is 2.58. The maximum Gasteiger partial charge on any atom is 0.271 e. The van der Waals surface area contributed by atoms with E-state index in [-0.39, 0.29) is 17.4 Å². The number of aromatic amines is 1. The zero-order chi connectivity index (χ0) is 17.3. The number of anilines is 1. The van der Waals surface area contributed by atoms with Gasteiger partial charge in [-0.15, -0.1) is 0 Å². The SMILES string of the molecule is CC(=O)c1cc(C(=O)N2CCc3ncnc(N(C)C)c3CC2)[nH]n1. The van der Waals surface area contributed by atoms with Crippen molar-refractivity contribution in [3.63, 3.8) is 0 Å². The second-order valence-corrected chi connectivity index (χ2v) is 6.03. The third-order valence-corrected chi connectivity index (χ3v) is 4.14. The van der Waals surface area contributed by atoms with Gasteiger partial charge in [-0.05, 0) is 12.5 Å². The summed E-state index contributed by atoms with van der Waals surface area (Å²) in [4.78, 5) is 36.4. The van der Waals surface area contributed by atoms with Gasteiger partial charge >= 0.3 is 0 Å². The van der Waals surface area contributed by atoms with Gasteiger partial charge in [0.05, 0.1) is 5.69 Å². The molecule has 2 aromatic heterocycles. The molecule has 3 rings (SSSR count). The monoisotopic (exact) mass is 328 g/mol. The van der Waals surface area contributed by atoms with Crippen molar-refractivity contribution in [2.24, 2.45) is 0 Å². The largest absolute Gasteiger partial charge is 0.362 e. The molecule has 0 radical (unpaired) electrons. The summed E-state index contributed by atoms with van der Waals surface area (Å²) in [5.41, 5.74) is 2.69. The summed E-state index contributed by atoms with van der Waals surface area (Å²) in [5.74, 6) is 0.580. The molecule has 8 nitrogen and oxygen atoms in total. The molecule has 0 spiro atoms. The fourth-order valence-corrected chi connectivity index (χ4v) is 2.88. The Kier molecular flexibility index (Phi) is 4.28. The fraction of sp³-hybridized carbons (Fsp3) is 0.438. The molecule has 8 heteroatoms. The number of nitrogens with zero attached hydrogens (tertiary/aromatic N) is 5. The van der Waals surface area contributed by atoms with Gasteiger partial charge in [0.1, 0.15) is 23.5 Å². The van der Waals surface area contributed by atoms with E-state index in [1.54, 1.807) is 11.2 Å². The van der Waals surface area contributed by atoms with Gasteiger partial charge in [-0.2, -0.15) is 5.10 Å². The quantitative estimate of drug-likeness (QED) is 0.834. The minimum atomic E-state index is -0.167. The van der Waals surface area contributed by atoms with Crippen LogP contribution in [0.1, 0.15) is 39.2 Å². The number of carbonyl (C=O) groups excluding carboxylic acids is 2. The van der Waals surface area contributed by atoms with Crippen LogP contribution >= 0.6 is 0 Å². The Balaban J connectivity index is 1.80. The van der Waals surface area contributed by atoms with E-state index in [0.29, 0.717) is 31.6 Å². The lowest BCUT2D eigenvalue weighted by Gasteiger charge is -2.19. The molecule has 0 aliphatic carbocycles. The van der Waals surface area contributed by atoms with Crippen molar-refractivity contribution in [1.82, 2.24) is 25.1 Å². The van der Waals surface area contributed by atoms with Crippen LogP contribution in [0.25, 0.3) is 0 Å². The number of nitrogens with one attached hydrogen (secondary N) is 1. The molecular formula is C16H20N6O2. The van der Waals surface area contributed by atoms with E-state index in [1.807, 2.05) is 19.0 Å². The van der Waals surface area contributed by atoms with Gasteiger partial charge in [-0.3, -0.25) is 14.7 Å². The van der Waals surface area contributed by atoms with Crippen molar-refractivity contribution in [3.8, 4) is 0 Å². The topological polar surface area (TPSA) is 95.1 Å². The predicted molar refractivity (Wildman–Crippen MR) is 88.3 cm³/mol. The Morgan fingerprint density at radius 1 is 1.21 bits per heavy atom. The van der Waals surface area contributed by atoms with Crippen LogP contribution in [0.15, 0.2) is 12.4 Å². The first-order chi connectivity index (χ1) is 11.5. The Bertz CT molecular complexity index is 783. The summed E-state index contributed by atoms with van der Waals surface area (Å²) < 4.78 is 0. The van der Waals surface area contributed by atoms with E-state index >= 15 is 0 Å². The van der Waals surface area contributed by atoms with Gasteiger partial charge in [-0.1, -0.05) is 0 Å². The summed E-state index contributed by atoms with van der Waals surface area (Å²) in [5, 5.41) is 6.54. The van der Waals surface area contributed by atoms with Gasteiger partial charge in [0, 0.05) is 46.1 Å². The number of rotatable bonds is 3. The van der Waals surface area contributed by atoms with Crippen LogP contribution < -0.4 is 4.90 Å². The summed E-state index contributed by atoms with van der Waals surface area (Å²) in [7, 11) is 3.90. The van der Waals surface area contributed by atoms with Crippen molar-refractivity contribution >= 4 is 17.5 Å². The van der Waals surface area contributed by atoms with E-state index in [1.165, 1.54) is 13.0 Å². The lowest BCUT2D eigenvalue weighted by atomic mass is 10.1. The molecule has 0 unspecified atom stereocenters. The van der Waals surface area contributed by atoms with Crippen LogP contribution in [0.4, 0.5) is 5.82 Å². The molecular weight excluding hydrogens is 308 g/mol. The van der Waals surface area contributed by atoms with E-state index < -0.39 is 0 Å². The number of hydrogen-bond acceptors (Lipinski definition) is 6. The van der Waals surface area contributed by atoms with E-state index in [0.717, 1.165) is 17.1 Å². The molecule has 0 atom stereocenters. The molecule has 0 bridgehead atoms. The second-order valence-electron chi connectivity index (χ2n) is 6.03. The fourth-order valence-electron chi connectivity index (χ4n) is 2.88. The number of aromatic nitrogens is 4. The average molecular weight is 328 g/mol. The molecule has 0 fully saturated rings. The predicted octanol–water partition coefficient (Wildman–Crippen LogP) is 0.709. The molecule has 1 aliphatic heterocycles. The number of H-pyrrole nitrogens is 1. The first-order valence-electron chi connectivity index (χ1n) is 7.83. The van der Waals surface area contributed by atoms with Gasteiger partial charge in [0.2, 0.25) is 0 Å². The maximum atomic E-state index is 12.7. The van der Waals surface area contributed by atoms with Crippen molar-refractivity contribution in [2.75, 3.05) is 32.1 Å². The molecule has 0 aromatic carbocycles. The first-order valence-corrected chi connectivity index (χ1v) is 7.83. The number of fused-ring (bicyclic) bond motifs is 1. The van der Waals surface area contributed by atoms with Crippen LogP contribution in [-0.2, 0) is 12.8 Å². The highest BCUT2D eigenvalue weighted by atomic mass is 16.2. The minimum absolute atomic E-state index is 0.151. The van der Waals surface area contributed by atoms with Crippen LogP contribution in [-0.4, -0.2) is 63.9 Å². The zero-order valence-corrected chi connectivity index (χ0v) is 14.0. The lowest BCUT2D eigenvalue weighted by molar-refractivity contribution is 0.0757. The molecule has 0 saturated carbocycles. The molecule has 2 aromatic rings. The lowest BCUT2D eigenvalue weighted by Crippen LogP contribution is -2.33. The van der Waals surface area contributed by atoms with Crippen molar-refractivity contribution < 1.29 is 9.59 Å². The Hall–Kier alpha value is -2.77. The Morgan fingerprint density at radius 2 is 1.96 bits per heavy atom. The minimum Gasteiger partial charge on any atom is -0.362 e. The first kappa shape index (κ1) is 16.1. The third kappa shape index (κ3) is 2.99. The van der Waals surface area contributed by atoms with E-state index in [4.69, 9.17) is 0 Å². The average Bonchev–Trinajstić information content (AvgIpc) is 2.95. The molecule has 1 aliphatic rings. The van der Waals surface area contributed by atoms with Gasteiger partial charge in [0.15, 0.2) is 5.78 Å². The molecule has 24 heavy (non-hydrogen) atoms. The van der Waals surface area contributed by atoms with E-state index in [9.17, 15) is 9.59 Å². The number of ketones is 1. The third-order valence-electron chi connectivity index (χ3n) is 4.14. The summed E-state index contributed by atoms with van der Waals surface area (Å²) >= 11 is 0. The molecule has 126 valence electrons. The van der Waals surface area contributed by atoms with Crippen LogP contribution in [0.5, 0.6) is 0 Å². The zero-order valence-electron chi connectivity index (χ0n) is 14.0. The Morgan fingerprint density at radius 3 is 2.62 bits per heavy atom. The molecule has 3 heterocycles. The maximum absolute atomic E-state index is 12.7. The van der Waals surface area contributed by atoms with Crippen molar-refractivity contribution in [2.45, 2.75) is 19.8 Å². The number of carbonyl (C=O) groups is 2. The highest BCUT2D eigenvalue weighted by Crippen LogP contribution is 2.22.